The minimum Gasteiger partial charge on any atom is -0.350 e. The van der Waals surface area contributed by atoms with E-state index in [9.17, 15) is 9.00 Å². The third-order valence-corrected chi connectivity index (χ3v) is 4.84. The normalized spacial score (nSPS) is 15.0. The Hall–Kier alpha value is 0.550. The van der Waals surface area contributed by atoms with E-state index in [1.807, 2.05) is 6.92 Å². The van der Waals surface area contributed by atoms with Gasteiger partial charge in [0, 0.05) is 22.6 Å². The second-order valence-corrected chi connectivity index (χ2v) is 7.17. The van der Waals surface area contributed by atoms with Gasteiger partial charge in [0.05, 0.1) is 5.08 Å². The summed E-state index contributed by atoms with van der Waals surface area (Å²) < 4.78 is 11.4. The van der Waals surface area contributed by atoms with Crippen LogP contribution in [0.25, 0.3) is 0 Å². The number of nitrogens with one attached hydrogen (secondary N) is 1. The molecule has 0 aliphatic heterocycles. The van der Waals surface area contributed by atoms with Crippen molar-refractivity contribution >= 4 is 51.7 Å². The topological polar surface area (TPSA) is 46.2 Å². The Morgan fingerprint density at radius 2 is 2.13 bits per heavy atom. The Balaban J connectivity index is 3.77. The van der Waals surface area contributed by atoms with Crippen molar-refractivity contribution in [3.63, 3.8) is 0 Å². The number of thioether (sulfide) groups is 1. The predicted molar refractivity (Wildman–Crippen MR) is 69.1 cm³/mol. The summed E-state index contributed by atoms with van der Waals surface area (Å²) in [6.07, 6.45) is 0. The molecule has 0 rings (SSSR count). The molecule has 0 spiro atoms. The summed E-state index contributed by atoms with van der Waals surface area (Å²) in [5.74, 6) is 0.933. The first-order valence-corrected chi connectivity index (χ1v) is 8.00. The summed E-state index contributed by atoms with van der Waals surface area (Å²) in [4.78, 5) is 10.0. The van der Waals surface area contributed by atoms with Gasteiger partial charge < -0.3 is 5.32 Å². The highest BCUT2D eigenvalue weighted by atomic mass is 35.5. The lowest BCUT2D eigenvalue weighted by Gasteiger charge is -2.13. The van der Waals surface area contributed by atoms with Gasteiger partial charge in [-0.1, -0.05) is 30.1 Å². The van der Waals surface area contributed by atoms with E-state index in [0.29, 0.717) is 10.8 Å². The number of hydrogen-bond acceptors (Lipinski definition) is 3. The van der Waals surface area contributed by atoms with Crippen LogP contribution in [0.3, 0.4) is 0 Å². The van der Waals surface area contributed by atoms with E-state index >= 15 is 0 Å². The van der Waals surface area contributed by atoms with Gasteiger partial charge in [0.2, 0.25) is 0 Å². The van der Waals surface area contributed by atoms with Crippen molar-refractivity contribution in [2.75, 3.05) is 16.6 Å². The average Bonchev–Trinajstić information content (AvgIpc) is 2.14. The fourth-order valence-electron chi connectivity index (χ4n) is 0.851. The lowest BCUT2D eigenvalue weighted by Crippen LogP contribution is -2.39. The largest absolute Gasteiger partial charge is 0.350 e. The van der Waals surface area contributed by atoms with E-state index in [1.165, 1.54) is 0 Å². The molecule has 15 heavy (non-hydrogen) atoms. The Morgan fingerprint density at radius 1 is 1.53 bits per heavy atom. The summed E-state index contributed by atoms with van der Waals surface area (Å²) in [7, 11) is -0.918. The Morgan fingerprint density at radius 3 is 2.60 bits per heavy atom. The zero-order valence-electron chi connectivity index (χ0n) is 8.66. The van der Waals surface area contributed by atoms with Crippen LogP contribution in [0.2, 0.25) is 0 Å². The van der Waals surface area contributed by atoms with E-state index in [4.69, 9.17) is 23.2 Å². The van der Waals surface area contributed by atoms with Crippen LogP contribution >= 0.6 is 35.0 Å². The fourth-order valence-corrected chi connectivity index (χ4v) is 3.41. The van der Waals surface area contributed by atoms with Gasteiger partial charge in [-0.3, -0.25) is 9.00 Å². The molecule has 0 aliphatic rings. The third kappa shape index (κ3) is 8.37. The van der Waals surface area contributed by atoms with Gasteiger partial charge in [0.1, 0.15) is 0 Å². The molecular formula is C8H15Cl2NO2S2. The number of rotatable bonds is 7. The first-order valence-electron chi connectivity index (χ1n) is 4.48. The SMILES string of the molecule is CCSCS(=O)CC(C)NC(=O)C(Cl)Cl. The van der Waals surface area contributed by atoms with Crippen LogP contribution in [0.15, 0.2) is 0 Å². The number of hydrogen-bond donors (Lipinski definition) is 1. The van der Waals surface area contributed by atoms with Crippen molar-refractivity contribution in [2.24, 2.45) is 0 Å². The zero-order chi connectivity index (χ0) is 11.8. The summed E-state index contributed by atoms with van der Waals surface area (Å²) >= 11 is 12.4. The molecule has 0 aromatic carbocycles. The van der Waals surface area contributed by atoms with Crippen LogP contribution in [0, 0.1) is 0 Å². The highest BCUT2D eigenvalue weighted by Crippen LogP contribution is 2.04. The van der Waals surface area contributed by atoms with Gasteiger partial charge in [-0.15, -0.1) is 11.8 Å². The van der Waals surface area contributed by atoms with Crippen molar-refractivity contribution < 1.29 is 9.00 Å². The predicted octanol–water partition coefficient (Wildman–Crippen LogP) is 1.75. The fraction of sp³-hybridized carbons (Fsp3) is 0.875. The highest BCUT2D eigenvalue weighted by Gasteiger charge is 2.15. The third-order valence-electron chi connectivity index (χ3n) is 1.44. The van der Waals surface area contributed by atoms with Gasteiger partial charge >= 0.3 is 0 Å². The molecule has 3 nitrogen and oxygen atoms in total. The maximum atomic E-state index is 11.4. The number of carbonyl (C=O) groups is 1. The molecule has 0 saturated carbocycles. The minimum absolute atomic E-state index is 0.171. The second-order valence-electron chi connectivity index (χ2n) is 2.93. The van der Waals surface area contributed by atoms with Crippen LogP contribution in [-0.2, 0) is 15.6 Å². The summed E-state index contributed by atoms with van der Waals surface area (Å²) in [5, 5.41) is 3.18. The molecule has 0 fully saturated rings. The molecule has 0 aliphatic carbocycles. The van der Waals surface area contributed by atoms with Gasteiger partial charge in [-0.05, 0) is 12.7 Å². The molecule has 0 radical (unpaired) electrons. The molecule has 0 bridgehead atoms. The lowest BCUT2D eigenvalue weighted by molar-refractivity contribution is -0.119. The molecule has 2 unspecified atom stereocenters. The monoisotopic (exact) mass is 291 g/mol. The maximum absolute atomic E-state index is 11.4. The molecular weight excluding hydrogens is 277 g/mol. The minimum atomic E-state index is -1.06. The summed E-state index contributed by atoms with van der Waals surface area (Å²) in [6.45, 7) is 3.79. The van der Waals surface area contributed by atoms with Crippen LogP contribution < -0.4 is 5.32 Å². The molecule has 7 heteroatoms. The molecule has 1 amide bonds. The Kier molecular flexibility index (Phi) is 8.99. The molecule has 0 aromatic rings. The van der Waals surface area contributed by atoms with E-state index < -0.39 is 21.5 Å². The molecule has 0 saturated heterocycles. The van der Waals surface area contributed by atoms with Crippen molar-refractivity contribution in [1.29, 1.82) is 0 Å². The van der Waals surface area contributed by atoms with Crippen LogP contribution in [0.1, 0.15) is 13.8 Å². The van der Waals surface area contributed by atoms with Crippen molar-refractivity contribution in [3.05, 3.63) is 0 Å². The Bertz CT molecular complexity index is 227. The van der Waals surface area contributed by atoms with Crippen LogP contribution in [-0.4, -0.2) is 37.6 Å². The molecule has 1 N–H and O–H groups in total. The van der Waals surface area contributed by atoms with Gasteiger partial charge in [-0.25, -0.2) is 0 Å². The molecule has 90 valence electrons. The number of alkyl halides is 2. The highest BCUT2D eigenvalue weighted by molar-refractivity contribution is 8.10. The number of halogens is 2. The number of amides is 1. The average molecular weight is 292 g/mol. The second kappa shape index (κ2) is 8.67. The van der Waals surface area contributed by atoms with Crippen molar-refractivity contribution in [2.45, 2.75) is 24.7 Å². The lowest BCUT2D eigenvalue weighted by atomic mass is 10.4. The van der Waals surface area contributed by atoms with E-state index in [-0.39, 0.29) is 6.04 Å². The van der Waals surface area contributed by atoms with Crippen molar-refractivity contribution in [3.8, 4) is 0 Å². The Labute approximate surface area is 107 Å². The van der Waals surface area contributed by atoms with Gasteiger partial charge in [0.25, 0.3) is 5.91 Å². The van der Waals surface area contributed by atoms with E-state index in [0.717, 1.165) is 5.75 Å². The standard InChI is InChI=1S/C8H15Cl2NO2S2/c1-3-14-5-15(13)4-6(2)11-8(12)7(9)10/h6-7H,3-5H2,1-2H3,(H,11,12). The smallest absolute Gasteiger partial charge is 0.253 e. The van der Waals surface area contributed by atoms with Crippen molar-refractivity contribution in [1.82, 2.24) is 5.32 Å². The van der Waals surface area contributed by atoms with Crippen LogP contribution in [0.4, 0.5) is 0 Å². The van der Waals surface area contributed by atoms with Gasteiger partial charge in [-0.2, -0.15) is 0 Å². The van der Waals surface area contributed by atoms with Gasteiger partial charge in [0.15, 0.2) is 4.84 Å². The van der Waals surface area contributed by atoms with E-state index in [2.05, 4.69) is 5.32 Å². The first-order chi connectivity index (χ1) is 6.97. The maximum Gasteiger partial charge on any atom is 0.253 e. The summed E-state index contributed by atoms with van der Waals surface area (Å²) in [6, 6.07) is -0.171. The number of carbonyl (C=O) groups excluding carboxylic acids is 1. The first kappa shape index (κ1) is 15.6. The van der Waals surface area contributed by atoms with Crippen LogP contribution in [0.5, 0.6) is 0 Å². The zero-order valence-corrected chi connectivity index (χ0v) is 11.8. The molecule has 0 aromatic heterocycles. The molecule has 0 heterocycles. The summed E-state index contributed by atoms with van der Waals surface area (Å²) in [5.41, 5.74) is 0. The molecule has 2 atom stereocenters. The quantitative estimate of drug-likeness (QED) is 0.727. The van der Waals surface area contributed by atoms with E-state index in [1.54, 1.807) is 18.7 Å².